The number of nitrogens with one attached hydrogen (secondary N) is 1. The van der Waals surface area contributed by atoms with E-state index in [1.807, 2.05) is 0 Å². The van der Waals surface area contributed by atoms with E-state index in [1.54, 1.807) is 0 Å². The number of hydrogen-bond donors (Lipinski definition) is 1. The van der Waals surface area contributed by atoms with Crippen molar-refractivity contribution in [2.45, 2.75) is 0 Å². The Balaban J connectivity index is 3.23. The summed E-state index contributed by atoms with van der Waals surface area (Å²) in [6.07, 6.45) is 0. The van der Waals surface area contributed by atoms with Gasteiger partial charge in [0.1, 0.15) is 0 Å². The maximum absolute atomic E-state index is 9.54. The van der Waals surface area contributed by atoms with Crippen molar-refractivity contribution in [2.75, 3.05) is 0 Å². The molecule has 0 aliphatic heterocycles. The van der Waals surface area contributed by atoms with Gasteiger partial charge in [0.15, 0.2) is 19.1 Å². The van der Waals surface area contributed by atoms with Crippen molar-refractivity contribution in [3.63, 3.8) is 0 Å². The summed E-state index contributed by atoms with van der Waals surface area (Å²) in [5.41, 5.74) is 0. The normalized spacial score (nSPS) is 14.8. The fraction of sp³-hybridized carbons (Fsp3) is 0. The van der Waals surface area contributed by atoms with Crippen molar-refractivity contribution in [2.24, 2.45) is 0 Å². The van der Waals surface area contributed by atoms with E-state index in [-0.39, 0.29) is 6.83 Å². The van der Waals surface area contributed by atoms with Gasteiger partial charge in [0.05, 0.1) is 1.28 Å². The van der Waals surface area contributed by atoms with Crippen LogP contribution in [0.2, 0.25) is 0 Å². The van der Waals surface area contributed by atoms with Gasteiger partial charge in [-0.05, 0) is 6.83 Å². The molecule has 0 amide bonds. The van der Waals surface area contributed by atoms with E-state index >= 15 is 0 Å². The first kappa shape index (κ1) is 2.97. The van der Waals surface area contributed by atoms with Gasteiger partial charge in [0, 0.05) is 0 Å². The maximum atomic E-state index is 9.54. The molecule has 1 atom stereocenters. The zero-order chi connectivity index (χ0) is 4.28. The van der Waals surface area contributed by atoms with Crippen molar-refractivity contribution in [1.82, 2.24) is 0 Å². The second-order valence-electron chi connectivity index (χ2n) is 0.249. The third-order valence-electron chi connectivity index (χ3n) is 0. The third-order valence-corrected chi connectivity index (χ3v) is 0. The molecule has 0 rings (SSSR count). The molecule has 0 fully saturated rings. The van der Waals surface area contributed by atoms with Crippen LogP contribution in [-0.2, 0) is 3.07 Å². The van der Waals surface area contributed by atoms with Gasteiger partial charge >= 0.3 is 0 Å². The van der Waals surface area contributed by atoms with E-state index in [1.165, 1.54) is 0 Å². The molecule has 4 heteroatoms. The number of hydrogen-bond acceptors (Lipinski definition) is 2. The minimum Gasteiger partial charge on any atom is -0.255 e. The molecule has 0 aromatic carbocycles. The second-order valence-corrected chi connectivity index (χ2v) is 3.97. The van der Waals surface area contributed by atoms with Crippen LogP contribution in [0, 0.1) is 3.56 Å². The summed E-state index contributed by atoms with van der Waals surface area (Å²) in [7, 11) is 0. The smallest absolute Gasteiger partial charge is 0.190 e. The fourth-order valence-corrected chi connectivity index (χ4v) is 0. The Kier molecular flexibility index (Phi) is 1.50. The number of rotatable bonds is 1. The molecule has 26 valence electrons. The molecule has 4 heavy (non-hydrogen) atoms. The first-order valence-corrected chi connectivity index (χ1v) is 6.11. The van der Waals surface area contributed by atoms with Gasteiger partial charge in [-0.3, -0.25) is 3.07 Å². The lowest BCUT2D eigenvalue weighted by Gasteiger charge is -1.40. The summed E-state index contributed by atoms with van der Waals surface area (Å²) in [5.74, 6) is 0. The van der Waals surface area contributed by atoms with Crippen LogP contribution in [0.1, 0.15) is 0 Å². The van der Waals surface area contributed by atoms with Gasteiger partial charge in [-0.2, -0.15) is 0 Å². The van der Waals surface area contributed by atoms with Gasteiger partial charge < -0.3 is 0 Å². The lowest BCUT2D eigenvalue weighted by Crippen LogP contribution is -0.873. The molecule has 0 saturated carbocycles. The van der Waals surface area contributed by atoms with E-state index in [0.29, 0.717) is 0 Å². The van der Waals surface area contributed by atoms with Gasteiger partial charge in [-0.15, -0.1) is 0 Å². The molecule has 1 unspecified atom stereocenters. The van der Waals surface area contributed by atoms with Crippen LogP contribution in [0.4, 0.5) is 0 Å². The van der Waals surface area contributed by atoms with Crippen molar-refractivity contribution in [3.05, 3.63) is 0 Å². The molecular formula is H3INOP. The fourth-order valence-electron chi connectivity index (χ4n) is 0. The second kappa shape index (κ2) is 2.03. The Morgan fingerprint density at radius 3 is 2.75 bits per heavy atom. The molecule has 0 heterocycles. The van der Waals surface area contributed by atoms with Gasteiger partial charge in [-0.1, -0.05) is 0 Å². The monoisotopic (exact) mass is 192 g/mol. The summed E-state index contributed by atoms with van der Waals surface area (Å²) >= 11 is -2.59. The van der Waals surface area contributed by atoms with Gasteiger partial charge in [-0.25, -0.2) is 3.56 Å². The van der Waals surface area contributed by atoms with Crippen LogP contribution in [0.25, 0.3) is 0 Å². The molecule has 1 N–H and O–H groups in total. The lowest BCUT2D eigenvalue weighted by molar-refractivity contribution is 0.647. The Morgan fingerprint density at radius 1 is 2.50 bits per heavy atom. The SMILES string of the molecule is [2H]PI(=N)=O. The molecule has 0 radical (unpaired) electrons. The van der Waals surface area contributed by atoms with Crippen LogP contribution < -0.4 is 0 Å². The van der Waals surface area contributed by atoms with E-state index in [2.05, 4.69) is 0 Å². The predicted molar refractivity (Wildman–Crippen MR) is 27.1 cm³/mol. The Hall–Kier alpha value is 0.760. The minimum absolute atomic E-state index is 0.368. The first-order valence-electron chi connectivity index (χ1n) is 1.03. The van der Waals surface area contributed by atoms with Gasteiger partial charge in [0.2, 0.25) is 0 Å². The van der Waals surface area contributed by atoms with Crippen molar-refractivity contribution >= 4 is 25.9 Å². The van der Waals surface area contributed by atoms with Crippen LogP contribution in [0.5, 0.6) is 0 Å². The molecular weight excluding hydrogens is 188 g/mol. The van der Waals surface area contributed by atoms with E-state index < -0.39 is 19.1 Å². The molecule has 0 saturated heterocycles. The number of halogens is 1. The van der Waals surface area contributed by atoms with Gasteiger partial charge in [0.25, 0.3) is 0 Å². The Bertz CT molecular complexity index is 69.7. The van der Waals surface area contributed by atoms with E-state index in [4.69, 9.17) is 4.84 Å². The van der Waals surface area contributed by atoms with Crippen LogP contribution >= 0.6 is 25.9 Å². The summed E-state index contributed by atoms with van der Waals surface area (Å²) in [4.78, 5) is 0. The standard InChI is InChI=1S/H3INOP/c2-1(3)4/h2H,4H2/i4D. The molecule has 0 spiro atoms. The molecule has 2 nitrogen and oxygen atoms in total. The highest BCUT2D eigenvalue weighted by Gasteiger charge is 1.45. The Morgan fingerprint density at radius 2 is 2.75 bits per heavy atom. The predicted octanol–water partition coefficient (Wildman–Crippen LogP) is 1.39. The average Bonchev–Trinajstić information content (AvgIpc) is 1.38. The zero-order valence-corrected chi connectivity index (χ0v) is 4.94. The topological polar surface area (TPSA) is 40.9 Å². The van der Waals surface area contributed by atoms with Crippen molar-refractivity contribution < 1.29 is 3.07 Å². The summed E-state index contributed by atoms with van der Waals surface area (Å²) in [6, 6.07) is 0. The lowest BCUT2D eigenvalue weighted by atomic mass is 14.0. The summed E-state index contributed by atoms with van der Waals surface area (Å²) in [6.45, 7) is -0.368. The van der Waals surface area contributed by atoms with Crippen molar-refractivity contribution in [3.8, 4) is 0 Å². The molecule has 0 aliphatic rings. The summed E-state index contributed by atoms with van der Waals surface area (Å²) < 4.78 is 22.1. The highest BCUT2D eigenvalue weighted by Crippen LogP contribution is 2.14. The van der Waals surface area contributed by atoms with E-state index in [0.717, 1.165) is 0 Å². The largest absolute Gasteiger partial charge is 0.255 e. The molecule has 0 aromatic rings. The highest BCUT2D eigenvalue weighted by molar-refractivity contribution is 14.2. The summed E-state index contributed by atoms with van der Waals surface area (Å²) in [5, 5.41) is 0. The Labute approximate surface area is 34.3 Å². The average molecular weight is 192 g/mol. The van der Waals surface area contributed by atoms with E-state index in [9.17, 15) is 3.07 Å². The van der Waals surface area contributed by atoms with Crippen LogP contribution in [0.3, 0.4) is 0 Å². The molecule has 0 bridgehead atoms. The van der Waals surface area contributed by atoms with Crippen LogP contribution in [0.15, 0.2) is 0 Å². The van der Waals surface area contributed by atoms with Crippen molar-refractivity contribution in [1.29, 1.82) is 4.84 Å². The highest BCUT2D eigenvalue weighted by atomic mass is 127. The molecule has 0 aromatic heterocycles. The maximum Gasteiger partial charge on any atom is 0.190 e. The first-order chi connectivity index (χ1) is 2.27. The third kappa shape index (κ3) is 14.8. The quantitative estimate of drug-likeness (QED) is 0.494. The van der Waals surface area contributed by atoms with Crippen LogP contribution in [-0.4, -0.2) is 1.28 Å². The minimum atomic E-state index is -2.59. The molecule has 0 aliphatic carbocycles. The zero-order valence-electron chi connectivity index (χ0n) is 2.79.